The third kappa shape index (κ3) is 6.30. The topological polar surface area (TPSA) is 162 Å². The molecule has 1 aliphatic heterocycles. The Morgan fingerprint density at radius 2 is 1.88 bits per heavy atom. The van der Waals surface area contributed by atoms with E-state index in [0.717, 1.165) is 24.8 Å². The summed E-state index contributed by atoms with van der Waals surface area (Å²) in [6, 6.07) is 3.57. The number of aliphatic hydroxyl groups is 1. The maximum absolute atomic E-state index is 13.7. The highest BCUT2D eigenvalue weighted by Crippen LogP contribution is 2.34. The summed E-state index contributed by atoms with van der Waals surface area (Å²) in [5.74, 6) is -3.89. The number of likely N-dealkylation sites (N-methyl/N-ethyl adjacent to an activating group) is 1. The van der Waals surface area contributed by atoms with Crippen molar-refractivity contribution in [2.45, 2.75) is 70.2 Å². The van der Waals surface area contributed by atoms with E-state index < -0.39 is 47.9 Å². The second-order valence-electron chi connectivity index (χ2n) is 11.0. The molecule has 2 aliphatic rings. The largest absolute Gasteiger partial charge is 0.505 e. The van der Waals surface area contributed by atoms with E-state index in [1.165, 1.54) is 23.2 Å². The molecule has 11 heteroatoms. The molecule has 0 spiro atoms. The molecule has 0 radical (unpaired) electrons. The van der Waals surface area contributed by atoms with Crippen LogP contribution in [0.4, 0.5) is 0 Å². The van der Waals surface area contributed by atoms with Crippen LogP contribution in [0, 0.1) is 17.8 Å². The number of Topliss-reactive ketones (excluding diaryl/α,β-unsaturated/α-hetero) is 1. The lowest BCUT2D eigenvalue weighted by Gasteiger charge is -2.41. The van der Waals surface area contributed by atoms with Gasteiger partial charge in [0.15, 0.2) is 11.5 Å². The normalized spacial score (nSPS) is 28.6. The van der Waals surface area contributed by atoms with Gasteiger partial charge in [0.05, 0.1) is 24.1 Å². The molecular weight excluding hydrogens is 514 g/mol. The molecule has 214 valence electrons. The molecule has 4 N–H and O–H groups in total. The van der Waals surface area contributed by atoms with Crippen molar-refractivity contribution >= 4 is 23.5 Å². The number of aromatic nitrogens is 2. The monoisotopic (exact) mass is 551 g/mol. The first kappa shape index (κ1) is 29.1. The third-order valence-corrected chi connectivity index (χ3v) is 8.17. The predicted molar refractivity (Wildman–Crippen MR) is 145 cm³/mol. The first-order chi connectivity index (χ1) is 19.1. The van der Waals surface area contributed by atoms with Gasteiger partial charge < -0.3 is 25.7 Å². The maximum Gasteiger partial charge on any atom is 0.274 e. The summed E-state index contributed by atoms with van der Waals surface area (Å²) in [5.41, 5.74) is 0.486. The van der Waals surface area contributed by atoms with Crippen LogP contribution in [0.5, 0.6) is 5.75 Å². The second-order valence-corrected chi connectivity index (χ2v) is 11.0. The summed E-state index contributed by atoms with van der Waals surface area (Å²) < 4.78 is 0. The number of nitrogens with one attached hydrogen (secondary N) is 2. The average Bonchev–Trinajstić information content (AvgIpc) is 2.91. The number of hydrogen-bond acceptors (Lipinski definition) is 8. The standard InChI is InChI=1S/C29H37N5O6/c1-16-13-22(36)25(19-8-4-9-19)34(3)29(40)17(2)26(37)20(14-18-7-5-11-30-15-18)32-27(38)23(16)33-28(39)24-21(35)10-6-12-31-24/h5-7,10-12,15-17,19-20,23,25-26,35,37H,4,8-9,13-14H2,1-3H3,(H,32,38)(H,33,39)/t16-,17+,20-,23-,25?,26-/m0/s1. The van der Waals surface area contributed by atoms with Crippen molar-refractivity contribution in [1.29, 1.82) is 0 Å². The summed E-state index contributed by atoms with van der Waals surface area (Å²) in [6.07, 6.45) is 5.99. The zero-order chi connectivity index (χ0) is 29.0. The van der Waals surface area contributed by atoms with E-state index >= 15 is 0 Å². The summed E-state index contributed by atoms with van der Waals surface area (Å²) in [6.45, 7) is 3.27. The fourth-order valence-electron chi connectivity index (χ4n) is 5.61. The number of aliphatic hydroxyl groups excluding tert-OH is 1. The van der Waals surface area contributed by atoms with Gasteiger partial charge >= 0.3 is 0 Å². The molecule has 4 rings (SSSR count). The van der Waals surface area contributed by atoms with Gasteiger partial charge in [-0.1, -0.05) is 26.3 Å². The van der Waals surface area contributed by atoms with Crippen LogP contribution in [-0.2, 0) is 20.8 Å². The highest BCUT2D eigenvalue weighted by Gasteiger charge is 2.43. The van der Waals surface area contributed by atoms with Gasteiger partial charge in [0.1, 0.15) is 11.8 Å². The van der Waals surface area contributed by atoms with Crippen molar-refractivity contribution in [2.75, 3.05) is 7.05 Å². The molecule has 1 aliphatic carbocycles. The van der Waals surface area contributed by atoms with Crippen LogP contribution < -0.4 is 10.6 Å². The molecular formula is C29H37N5O6. The van der Waals surface area contributed by atoms with Crippen molar-refractivity contribution in [3.05, 3.63) is 54.1 Å². The molecule has 11 nitrogen and oxygen atoms in total. The van der Waals surface area contributed by atoms with Crippen molar-refractivity contribution in [3.8, 4) is 5.75 Å². The molecule has 2 aromatic heterocycles. The van der Waals surface area contributed by atoms with Crippen molar-refractivity contribution in [1.82, 2.24) is 25.5 Å². The molecule has 1 saturated carbocycles. The first-order valence-corrected chi connectivity index (χ1v) is 13.7. The van der Waals surface area contributed by atoms with Gasteiger partial charge in [-0.05, 0) is 54.9 Å². The molecule has 1 saturated heterocycles. The van der Waals surface area contributed by atoms with E-state index in [9.17, 15) is 29.4 Å². The number of rotatable bonds is 5. The average molecular weight is 552 g/mol. The van der Waals surface area contributed by atoms with Gasteiger partial charge in [-0.25, -0.2) is 4.98 Å². The fourth-order valence-corrected chi connectivity index (χ4v) is 5.61. The SMILES string of the molecule is C[C@H]1CC(=O)C(C2CCC2)N(C)C(=O)[C@H](C)[C@H](O)[C@H](Cc2cccnc2)NC(=O)[C@H]1NC(=O)c1ncccc1O. The molecule has 0 aromatic carbocycles. The van der Waals surface area contributed by atoms with E-state index in [-0.39, 0.29) is 41.9 Å². The molecule has 1 unspecified atom stereocenters. The summed E-state index contributed by atoms with van der Waals surface area (Å²) >= 11 is 0. The van der Waals surface area contributed by atoms with Crippen LogP contribution in [0.3, 0.4) is 0 Å². The minimum Gasteiger partial charge on any atom is -0.505 e. The quantitative estimate of drug-likeness (QED) is 0.432. The minimum absolute atomic E-state index is 0.000503. The van der Waals surface area contributed by atoms with Crippen LogP contribution in [0.25, 0.3) is 0 Å². The zero-order valence-electron chi connectivity index (χ0n) is 23.0. The number of pyridine rings is 2. The van der Waals surface area contributed by atoms with E-state index in [1.807, 2.05) is 0 Å². The molecule has 3 heterocycles. The van der Waals surface area contributed by atoms with E-state index in [2.05, 4.69) is 20.6 Å². The Bertz CT molecular complexity index is 1240. The van der Waals surface area contributed by atoms with Crippen LogP contribution in [0.1, 0.15) is 55.6 Å². The van der Waals surface area contributed by atoms with Gasteiger partial charge in [0.2, 0.25) is 11.8 Å². The Kier molecular flexibility index (Phi) is 9.14. The van der Waals surface area contributed by atoms with E-state index in [4.69, 9.17) is 0 Å². The lowest BCUT2D eigenvalue weighted by Crippen LogP contribution is -2.60. The minimum atomic E-state index is -1.29. The number of carbonyl (C=O) groups is 4. The predicted octanol–water partition coefficient (Wildman–Crippen LogP) is 1.24. The number of amides is 3. The zero-order valence-corrected chi connectivity index (χ0v) is 23.0. The van der Waals surface area contributed by atoms with Crippen LogP contribution in [0.15, 0.2) is 42.9 Å². The van der Waals surface area contributed by atoms with Crippen LogP contribution in [-0.4, -0.2) is 79.9 Å². The summed E-state index contributed by atoms with van der Waals surface area (Å²) in [7, 11) is 1.60. The molecule has 2 aromatic rings. The number of carbonyl (C=O) groups excluding carboxylic acids is 4. The van der Waals surface area contributed by atoms with Gasteiger partial charge in [0.25, 0.3) is 5.91 Å². The second kappa shape index (κ2) is 12.5. The Morgan fingerprint density at radius 1 is 1.15 bits per heavy atom. The molecule has 2 fully saturated rings. The van der Waals surface area contributed by atoms with Gasteiger partial charge in [-0.15, -0.1) is 0 Å². The Labute approximate surface area is 233 Å². The van der Waals surface area contributed by atoms with Crippen LogP contribution in [0.2, 0.25) is 0 Å². The molecule has 6 atom stereocenters. The smallest absolute Gasteiger partial charge is 0.274 e. The Hall–Kier alpha value is -3.86. The first-order valence-electron chi connectivity index (χ1n) is 13.7. The van der Waals surface area contributed by atoms with Crippen molar-refractivity contribution in [3.63, 3.8) is 0 Å². The number of ketones is 1. The highest BCUT2D eigenvalue weighted by atomic mass is 16.3. The third-order valence-electron chi connectivity index (χ3n) is 8.17. The molecule has 3 amide bonds. The van der Waals surface area contributed by atoms with Crippen LogP contribution >= 0.6 is 0 Å². The Morgan fingerprint density at radius 3 is 2.50 bits per heavy atom. The lowest BCUT2D eigenvalue weighted by molar-refractivity contribution is -0.148. The fraction of sp³-hybridized carbons (Fsp3) is 0.517. The highest BCUT2D eigenvalue weighted by molar-refractivity contribution is 5.98. The number of aromatic hydroxyl groups is 1. The Balaban J connectivity index is 1.70. The van der Waals surface area contributed by atoms with Crippen molar-refractivity contribution < 1.29 is 29.4 Å². The van der Waals surface area contributed by atoms with Gasteiger partial charge in [-0.2, -0.15) is 0 Å². The van der Waals surface area contributed by atoms with Gasteiger partial charge in [-0.3, -0.25) is 24.2 Å². The van der Waals surface area contributed by atoms with Crippen molar-refractivity contribution in [2.24, 2.45) is 17.8 Å². The number of hydrogen-bond donors (Lipinski definition) is 4. The summed E-state index contributed by atoms with van der Waals surface area (Å²) in [5, 5.41) is 27.0. The lowest BCUT2D eigenvalue weighted by atomic mass is 9.75. The molecule has 0 bridgehead atoms. The maximum atomic E-state index is 13.7. The molecule has 40 heavy (non-hydrogen) atoms. The van der Waals surface area contributed by atoms with E-state index in [0.29, 0.717) is 0 Å². The van der Waals surface area contributed by atoms with Gasteiger partial charge in [0, 0.05) is 32.1 Å². The van der Waals surface area contributed by atoms with E-state index in [1.54, 1.807) is 45.4 Å². The number of nitrogens with zero attached hydrogens (tertiary/aromatic N) is 3. The summed E-state index contributed by atoms with van der Waals surface area (Å²) in [4.78, 5) is 63.5.